The Morgan fingerprint density at radius 2 is 1.91 bits per heavy atom. The van der Waals surface area contributed by atoms with Crippen LogP contribution in [0, 0.1) is 0 Å². The highest BCUT2D eigenvalue weighted by atomic mass is 16.8. The Morgan fingerprint density at radius 1 is 1.14 bits per heavy atom. The second kappa shape index (κ2) is 6.67. The smallest absolute Gasteiger partial charge is 0.190 e. The van der Waals surface area contributed by atoms with E-state index in [4.69, 9.17) is 18.9 Å². The Labute approximate surface area is 132 Å². The van der Waals surface area contributed by atoms with Gasteiger partial charge in [0.15, 0.2) is 12.1 Å². The van der Waals surface area contributed by atoms with Crippen LogP contribution in [0.3, 0.4) is 0 Å². The normalized spacial score (nSPS) is 33.0. The maximum atomic E-state index is 6.18. The molecule has 2 aliphatic heterocycles. The zero-order valence-electron chi connectivity index (χ0n) is 13.7. The van der Waals surface area contributed by atoms with Crippen LogP contribution in [0.15, 0.2) is 30.3 Å². The summed E-state index contributed by atoms with van der Waals surface area (Å²) in [7, 11) is 0. The van der Waals surface area contributed by atoms with Crippen molar-refractivity contribution in [3.05, 3.63) is 35.9 Å². The van der Waals surface area contributed by atoms with Crippen molar-refractivity contribution in [3.8, 4) is 0 Å². The lowest BCUT2D eigenvalue weighted by Gasteiger charge is -2.26. The van der Waals surface area contributed by atoms with Crippen LogP contribution >= 0.6 is 0 Å². The van der Waals surface area contributed by atoms with E-state index in [1.165, 1.54) is 5.56 Å². The molecular weight excluding hydrogens is 280 g/mol. The molecule has 4 heteroatoms. The highest BCUT2D eigenvalue weighted by Crippen LogP contribution is 2.40. The first-order valence-corrected chi connectivity index (χ1v) is 8.26. The summed E-state index contributed by atoms with van der Waals surface area (Å²) in [5.74, 6) is -0.598. The Hall–Kier alpha value is -0.940. The lowest BCUT2D eigenvalue weighted by Crippen LogP contribution is -2.36. The molecule has 0 aliphatic carbocycles. The monoisotopic (exact) mass is 306 g/mol. The van der Waals surface area contributed by atoms with Crippen LogP contribution < -0.4 is 0 Å². The van der Waals surface area contributed by atoms with Gasteiger partial charge in [-0.2, -0.15) is 0 Å². The third-order valence-corrected chi connectivity index (χ3v) is 4.21. The fraction of sp³-hybridized carbons (Fsp3) is 0.667. The summed E-state index contributed by atoms with van der Waals surface area (Å²) < 4.78 is 24.1. The molecule has 2 heterocycles. The van der Waals surface area contributed by atoms with Gasteiger partial charge in [0.05, 0.1) is 12.7 Å². The van der Waals surface area contributed by atoms with Gasteiger partial charge in [-0.3, -0.25) is 0 Å². The molecule has 4 nitrogen and oxygen atoms in total. The largest absolute Gasteiger partial charge is 0.368 e. The number of fused-ring (bicyclic) bond motifs is 1. The first kappa shape index (κ1) is 15.9. The van der Waals surface area contributed by atoms with E-state index in [0.717, 1.165) is 19.3 Å². The molecule has 0 N–H and O–H groups in total. The Morgan fingerprint density at radius 3 is 2.64 bits per heavy atom. The molecule has 122 valence electrons. The number of ether oxygens (including phenoxy) is 4. The quantitative estimate of drug-likeness (QED) is 0.804. The van der Waals surface area contributed by atoms with Gasteiger partial charge in [-0.1, -0.05) is 50.1 Å². The van der Waals surface area contributed by atoms with Crippen LogP contribution in [0.25, 0.3) is 0 Å². The summed E-state index contributed by atoms with van der Waals surface area (Å²) in [6.07, 6.45) is 2.79. The second-order valence-corrected chi connectivity index (χ2v) is 6.55. The molecule has 0 bridgehead atoms. The Bertz CT molecular complexity index is 473. The van der Waals surface area contributed by atoms with E-state index in [9.17, 15) is 0 Å². The SMILES string of the molecule is CCCC[C@H]1O[C@@H]2OC(C)(C)O[C@@H]2[C@H]1OCc1ccccc1. The number of hydrogen-bond acceptors (Lipinski definition) is 4. The number of rotatable bonds is 6. The standard InChI is InChI=1S/C18H26O4/c1-4-5-11-14-15(19-12-13-9-7-6-8-10-13)16-17(20-14)22-18(2,3)21-16/h6-10,14-17H,4-5,11-12H2,1-3H3/t14-,15+,16-,17-/m1/s1. The van der Waals surface area contributed by atoms with Gasteiger partial charge in [0.1, 0.15) is 12.2 Å². The average molecular weight is 306 g/mol. The van der Waals surface area contributed by atoms with E-state index in [1.807, 2.05) is 32.0 Å². The topological polar surface area (TPSA) is 36.9 Å². The van der Waals surface area contributed by atoms with Crippen LogP contribution in [0.1, 0.15) is 45.6 Å². The fourth-order valence-corrected chi connectivity index (χ4v) is 3.15. The predicted octanol–water partition coefficient (Wildman–Crippen LogP) is 3.64. The zero-order valence-corrected chi connectivity index (χ0v) is 13.7. The molecular formula is C18H26O4. The highest BCUT2D eigenvalue weighted by molar-refractivity contribution is 5.13. The van der Waals surface area contributed by atoms with Crippen molar-refractivity contribution in [3.63, 3.8) is 0 Å². The number of unbranched alkanes of at least 4 members (excludes halogenated alkanes) is 1. The highest BCUT2D eigenvalue weighted by Gasteiger charge is 2.54. The molecule has 0 unspecified atom stereocenters. The first-order chi connectivity index (χ1) is 10.6. The van der Waals surface area contributed by atoms with E-state index >= 15 is 0 Å². The van der Waals surface area contributed by atoms with Crippen molar-refractivity contribution in [1.29, 1.82) is 0 Å². The summed E-state index contributed by atoms with van der Waals surface area (Å²) in [4.78, 5) is 0. The molecule has 1 aromatic rings. The molecule has 0 spiro atoms. The maximum absolute atomic E-state index is 6.18. The van der Waals surface area contributed by atoms with Gasteiger partial charge in [0.2, 0.25) is 0 Å². The molecule has 2 aliphatic rings. The van der Waals surface area contributed by atoms with Gasteiger partial charge in [-0.15, -0.1) is 0 Å². The molecule has 2 fully saturated rings. The maximum Gasteiger partial charge on any atom is 0.190 e. The van der Waals surface area contributed by atoms with Crippen molar-refractivity contribution < 1.29 is 18.9 Å². The minimum Gasteiger partial charge on any atom is -0.368 e. The van der Waals surface area contributed by atoms with E-state index in [1.54, 1.807) is 0 Å². The molecule has 0 amide bonds. The molecule has 1 aromatic carbocycles. The minimum atomic E-state index is -0.598. The van der Waals surface area contributed by atoms with Gasteiger partial charge >= 0.3 is 0 Å². The van der Waals surface area contributed by atoms with E-state index < -0.39 is 5.79 Å². The zero-order chi connectivity index (χ0) is 15.6. The van der Waals surface area contributed by atoms with Gasteiger partial charge in [0, 0.05) is 0 Å². The van der Waals surface area contributed by atoms with E-state index in [0.29, 0.717) is 6.61 Å². The first-order valence-electron chi connectivity index (χ1n) is 8.26. The molecule has 4 atom stereocenters. The van der Waals surface area contributed by atoms with Crippen LogP contribution in [0.4, 0.5) is 0 Å². The fourth-order valence-electron chi connectivity index (χ4n) is 3.15. The number of hydrogen-bond donors (Lipinski definition) is 0. The minimum absolute atomic E-state index is 0.0507. The molecule has 0 radical (unpaired) electrons. The second-order valence-electron chi connectivity index (χ2n) is 6.55. The average Bonchev–Trinajstić information content (AvgIpc) is 2.95. The summed E-state index contributed by atoms with van der Waals surface area (Å²) in [6, 6.07) is 10.2. The van der Waals surface area contributed by atoms with Crippen LogP contribution in [-0.4, -0.2) is 30.4 Å². The summed E-state index contributed by atoms with van der Waals surface area (Å²) in [5, 5.41) is 0. The number of benzene rings is 1. The van der Waals surface area contributed by atoms with Crippen LogP contribution in [-0.2, 0) is 25.6 Å². The van der Waals surface area contributed by atoms with Crippen LogP contribution in [0.2, 0.25) is 0 Å². The van der Waals surface area contributed by atoms with Crippen molar-refractivity contribution in [1.82, 2.24) is 0 Å². The lowest BCUT2D eigenvalue weighted by atomic mass is 10.0. The summed E-state index contributed by atoms with van der Waals surface area (Å²) in [6.45, 7) is 6.60. The van der Waals surface area contributed by atoms with Gasteiger partial charge < -0.3 is 18.9 Å². The van der Waals surface area contributed by atoms with E-state index in [2.05, 4.69) is 19.1 Å². The summed E-state index contributed by atoms with van der Waals surface area (Å²) >= 11 is 0. The Kier molecular flexibility index (Phi) is 4.83. The van der Waals surface area contributed by atoms with Gasteiger partial charge in [-0.25, -0.2) is 0 Å². The third-order valence-electron chi connectivity index (χ3n) is 4.21. The third kappa shape index (κ3) is 3.51. The van der Waals surface area contributed by atoms with Crippen molar-refractivity contribution >= 4 is 0 Å². The predicted molar refractivity (Wildman–Crippen MR) is 83.2 cm³/mol. The lowest BCUT2D eigenvalue weighted by molar-refractivity contribution is -0.219. The van der Waals surface area contributed by atoms with Gasteiger partial charge in [0.25, 0.3) is 0 Å². The molecule has 0 saturated carbocycles. The molecule has 22 heavy (non-hydrogen) atoms. The van der Waals surface area contributed by atoms with E-state index in [-0.39, 0.29) is 24.6 Å². The van der Waals surface area contributed by atoms with Crippen molar-refractivity contribution in [2.24, 2.45) is 0 Å². The molecule has 0 aromatic heterocycles. The Balaban J connectivity index is 1.66. The molecule has 2 saturated heterocycles. The molecule has 3 rings (SSSR count). The van der Waals surface area contributed by atoms with Gasteiger partial charge in [-0.05, 0) is 25.8 Å². The van der Waals surface area contributed by atoms with Crippen molar-refractivity contribution in [2.75, 3.05) is 0 Å². The van der Waals surface area contributed by atoms with Crippen molar-refractivity contribution in [2.45, 2.75) is 77.0 Å². The summed E-state index contributed by atoms with van der Waals surface area (Å²) in [5.41, 5.74) is 1.17. The van der Waals surface area contributed by atoms with Crippen LogP contribution in [0.5, 0.6) is 0 Å².